The molecule has 0 radical (unpaired) electrons. The Morgan fingerprint density at radius 2 is 2.10 bits per heavy atom. The number of halogens is 1. The molecule has 0 heterocycles. The first-order valence-corrected chi connectivity index (χ1v) is 8.14. The van der Waals surface area contributed by atoms with Gasteiger partial charge in [0.2, 0.25) is 0 Å². The highest BCUT2D eigenvalue weighted by Crippen LogP contribution is 2.61. The van der Waals surface area contributed by atoms with Gasteiger partial charge in [-0.2, -0.15) is 0 Å². The van der Waals surface area contributed by atoms with Crippen molar-refractivity contribution in [3.8, 4) is 5.75 Å². The summed E-state index contributed by atoms with van der Waals surface area (Å²) in [5.41, 5.74) is 2.37. The van der Waals surface area contributed by atoms with Crippen molar-refractivity contribution in [1.29, 1.82) is 0 Å². The minimum atomic E-state index is -1.06. The maximum atomic E-state index is 14.1. The molecule has 0 amide bonds. The topological polar surface area (TPSA) is 40.5 Å². The minimum Gasteiger partial charge on any atom is -0.508 e. The van der Waals surface area contributed by atoms with Crippen LogP contribution in [0.25, 0.3) is 0 Å². The van der Waals surface area contributed by atoms with E-state index in [1.54, 1.807) is 6.07 Å². The number of aliphatic hydroxyl groups excluding tert-OH is 1. The number of aromatic hydroxyl groups is 1. The van der Waals surface area contributed by atoms with E-state index in [0.717, 1.165) is 25.7 Å². The summed E-state index contributed by atoms with van der Waals surface area (Å²) in [5, 5.41) is 19.9. The first-order chi connectivity index (χ1) is 10.0. The molecule has 6 atom stereocenters. The molecule has 0 spiro atoms. The molecule has 3 aliphatic rings. The van der Waals surface area contributed by atoms with Gasteiger partial charge < -0.3 is 10.2 Å². The molecule has 0 saturated heterocycles. The Labute approximate surface area is 125 Å². The quantitative estimate of drug-likeness (QED) is 0.766. The monoisotopic (exact) mass is 289 g/mol. The summed E-state index contributed by atoms with van der Waals surface area (Å²) in [7, 11) is 0. The number of phenolic OH excluding ortho intramolecular Hbond substituents is 1. The van der Waals surface area contributed by atoms with Crippen LogP contribution in [0.15, 0.2) is 18.2 Å². The molecule has 114 valence electrons. The number of aliphatic hydroxyl groups is 1. The van der Waals surface area contributed by atoms with E-state index in [-0.39, 0.29) is 5.41 Å². The molecular formula is C18H23FO2. The van der Waals surface area contributed by atoms with E-state index < -0.39 is 12.3 Å². The fourth-order valence-corrected chi connectivity index (χ4v) is 5.51. The van der Waals surface area contributed by atoms with Crippen LogP contribution in [0, 0.1) is 17.3 Å². The number of phenols is 1. The van der Waals surface area contributed by atoms with Crippen LogP contribution in [-0.4, -0.2) is 22.5 Å². The van der Waals surface area contributed by atoms with Gasteiger partial charge in [-0.25, -0.2) is 4.39 Å². The molecule has 0 aromatic heterocycles. The molecule has 0 aliphatic heterocycles. The van der Waals surface area contributed by atoms with E-state index in [1.807, 2.05) is 6.07 Å². The molecular weight excluding hydrogens is 266 g/mol. The molecule has 2 fully saturated rings. The number of hydrogen-bond acceptors (Lipinski definition) is 2. The average molecular weight is 289 g/mol. The van der Waals surface area contributed by atoms with Gasteiger partial charge in [0.05, 0.1) is 6.10 Å². The Morgan fingerprint density at radius 1 is 1.29 bits per heavy atom. The van der Waals surface area contributed by atoms with Crippen LogP contribution in [-0.2, 0) is 6.42 Å². The van der Waals surface area contributed by atoms with Crippen LogP contribution in [0.3, 0.4) is 0 Å². The highest BCUT2D eigenvalue weighted by Gasteiger charge is 2.58. The molecule has 2 N–H and O–H groups in total. The lowest BCUT2D eigenvalue weighted by Gasteiger charge is -2.49. The fraction of sp³-hybridized carbons (Fsp3) is 0.667. The lowest BCUT2D eigenvalue weighted by atomic mass is 9.55. The van der Waals surface area contributed by atoms with Gasteiger partial charge in [0.1, 0.15) is 11.9 Å². The Kier molecular flexibility index (Phi) is 2.88. The Hall–Kier alpha value is -1.09. The van der Waals surface area contributed by atoms with E-state index >= 15 is 0 Å². The van der Waals surface area contributed by atoms with Gasteiger partial charge in [-0.3, -0.25) is 0 Å². The standard InChI is InChI=1S/C18H23FO2/c1-18-7-6-13-12-5-3-11(20)8-10(12)2-4-14(13)15(18)9-16(19)17(18)21/h3,5,8,13-17,20-21H,2,4,6-7,9H2,1H3/t13?,14?,15?,16?,17-,18-/m0/s1/i19-1. The van der Waals surface area contributed by atoms with E-state index in [1.165, 1.54) is 11.1 Å². The van der Waals surface area contributed by atoms with Crippen molar-refractivity contribution < 1.29 is 14.6 Å². The third-order valence-corrected chi connectivity index (χ3v) is 6.65. The Bertz CT molecular complexity index is 572. The third-order valence-electron chi connectivity index (χ3n) is 6.65. The third kappa shape index (κ3) is 1.79. The van der Waals surface area contributed by atoms with E-state index in [0.29, 0.717) is 29.9 Å². The summed E-state index contributed by atoms with van der Waals surface area (Å²) < 4.78 is 14.1. The van der Waals surface area contributed by atoms with Gasteiger partial charge in [0.25, 0.3) is 0 Å². The zero-order chi connectivity index (χ0) is 14.8. The summed E-state index contributed by atoms with van der Waals surface area (Å²) in [6, 6.07) is 5.72. The first-order valence-electron chi connectivity index (χ1n) is 8.14. The number of aryl methyl sites for hydroxylation is 1. The Morgan fingerprint density at radius 3 is 2.90 bits per heavy atom. The second-order valence-corrected chi connectivity index (χ2v) is 7.54. The summed E-state index contributed by atoms with van der Waals surface area (Å²) >= 11 is 0. The van der Waals surface area contributed by atoms with Gasteiger partial charge in [0.15, 0.2) is 0 Å². The number of benzene rings is 1. The SMILES string of the molecule is C[C@]12CCC3c4ccc(O)cc4CCC3C1CC([18F])[C@@H]2O. The Balaban J connectivity index is 1.71. The lowest BCUT2D eigenvalue weighted by Crippen LogP contribution is -2.44. The van der Waals surface area contributed by atoms with Crippen LogP contribution >= 0.6 is 0 Å². The molecule has 4 rings (SSSR count). The molecule has 1 aromatic carbocycles. The summed E-state index contributed by atoms with van der Waals surface area (Å²) in [4.78, 5) is 0. The lowest BCUT2D eigenvalue weighted by molar-refractivity contribution is -0.0365. The molecule has 3 aliphatic carbocycles. The maximum absolute atomic E-state index is 14.1. The second kappa shape index (κ2) is 4.45. The number of rotatable bonds is 0. The highest BCUT2D eigenvalue weighted by molar-refractivity contribution is 5.40. The van der Waals surface area contributed by atoms with Crippen LogP contribution in [0.4, 0.5) is 4.39 Å². The molecule has 2 nitrogen and oxygen atoms in total. The number of hydrogen-bond donors (Lipinski definition) is 2. The van der Waals surface area contributed by atoms with Gasteiger partial charge in [-0.15, -0.1) is 0 Å². The largest absolute Gasteiger partial charge is 0.508 e. The molecule has 1 aromatic rings. The summed E-state index contributed by atoms with van der Waals surface area (Å²) in [6.45, 7) is 2.09. The predicted molar refractivity (Wildman–Crippen MR) is 79.0 cm³/mol. The molecule has 0 bridgehead atoms. The van der Waals surface area contributed by atoms with Crippen molar-refractivity contribution in [2.45, 2.75) is 57.2 Å². The van der Waals surface area contributed by atoms with E-state index in [2.05, 4.69) is 13.0 Å². The van der Waals surface area contributed by atoms with Gasteiger partial charge in [-0.05, 0) is 78.5 Å². The zero-order valence-electron chi connectivity index (χ0n) is 12.4. The van der Waals surface area contributed by atoms with Crippen molar-refractivity contribution in [3.63, 3.8) is 0 Å². The van der Waals surface area contributed by atoms with Crippen molar-refractivity contribution in [2.75, 3.05) is 0 Å². The second-order valence-electron chi connectivity index (χ2n) is 7.54. The average Bonchev–Trinajstić information content (AvgIpc) is 2.70. The fourth-order valence-electron chi connectivity index (χ4n) is 5.51. The molecule has 21 heavy (non-hydrogen) atoms. The predicted octanol–water partition coefficient (Wildman–Crippen LogP) is 3.56. The molecule has 2 saturated carbocycles. The van der Waals surface area contributed by atoms with E-state index in [4.69, 9.17) is 0 Å². The minimum absolute atomic E-state index is 0.241. The van der Waals surface area contributed by atoms with Crippen molar-refractivity contribution in [2.24, 2.45) is 17.3 Å². The summed E-state index contributed by atoms with van der Waals surface area (Å²) in [6.07, 6.45) is 2.63. The summed E-state index contributed by atoms with van der Waals surface area (Å²) in [5.74, 6) is 1.59. The van der Waals surface area contributed by atoms with Crippen LogP contribution < -0.4 is 0 Å². The number of fused-ring (bicyclic) bond motifs is 5. The van der Waals surface area contributed by atoms with Crippen LogP contribution in [0.5, 0.6) is 5.75 Å². The molecule has 4 unspecified atom stereocenters. The first kappa shape index (κ1) is 13.6. The zero-order valence-corrected chi connectivity index (χ0v) is 12.4. The van der Waals surface area contributed by atoms with Gasteiger partial charge in [-0.1, -0.05) is 13.0 Å². The van der Waals surface area contributed by atoms with Crippen LogP contribution in [0.2, 0.25) is 0 Å². The van der Waals surface area contributed by atoms with Crippen molar-refractivity contribution >= 4 is 0 Å². The van der Waals surface area contributed by atoms with Crippen LogP contribution in [0.1, 0.15) is 49.7 Å². The van der Waals surface area contributed by atoms with Gasteiger partial charge >= 0.3 is 0 Å². The molecule has 3 heteroatoms. The normalized spacial score (nSPS) is 44.8. The van der Waals surface area contributed by atoms with Crippen molar-refractivity contribution in [1.82, 2.24) is 0 Å². The smallest absolute Gasteiger partial charge is 0.127 e. The van der Waals surface area contributed by atoms with E-state index in [9.17, 15) is 14.6 Å². The number of alkyl halides is 1. The highest BCUT2D eigenvalue weighted by atomic mass is 18.2. The maximum Gasteiger partial charge on any atom is 0.127 e. The van der Waals surface area contributed by atoms with Crippen molar-refractivity contribution in [3.05, 3.63) is 29.3 Å². The van der Waals surface area contributed by atoms with Gasteiger partial charge in [0, 0.05) is 0 Å².